The summed E-state index contributed by atoms with van der Waals surface area (Å²) in [7, 11) is 0. The Hall–Kier alpha value is -1.81. The number of benzene rings is 1. The second kappa shape index (κ2) is 5.01. The lowest BCUT2D eigenvalue weighted by Crippen LogP contribution is -1.92. The minimum atomic E-state index is -0.870. The fraction of sp³-hybridized carbons (Fsp3) is 0.154. The van der Waals surface area contributed by atoms with Gasteiger partial charge in [0.2, 0.25) is 0 Å². The van der Waals surface area contributed by atoms with E-state index < -0.39 is 5.97 Å². The molecule has 0 radical (unpaired) electrons. The van der Waals surface area contributed by atoms with E-state index in [4.69, 9.17) is 5.11 Å². The topological polar surface area (TPSA) is 49.3 Å². The van der Waals surface area contributed by atoms with Crippen LogP contribution in [0.5, 0.6) is 0 Å². The number of para-hydroxylation sites is 1. The van der Waals surface area contributed by atoms with Crippen LogP contribution in [0.15, 0.2) is 36.4 Å². The van der Waals surface area contributed by atoms with Crippen LogP contribution in [-0.2, 0) is 6.42 Å². The van der Waals surface area contributed by atoms with E-state index in [1.807, 2.05) is 37.3 Å². The van der Waals surface area contributed by atoms with E-state index in [9.17, 15) is 4.79 Å². The van der Waals surface area contributed by atoms with E-state index in [1.54, 1.807) is 6.07 Å². The molecule has 0 saturated carbocycles. The third-order valence-electron chi connectivity index (χ3n) is 2.39. The lowest BCUT2D eigenvalue weighted by atomic mass is 10.2. The van der Waals surface area contributed by atoms with Crippen molar-refractivity contribution in [2.45, 2.75) is 13.3 Å². The first kappa shape index (κ1) is 11.7. The Bertz CT molecular complexity index is 519. The van der Waals surface area contributed by atoms with Gasteiger partial charge in [-0.25, -0.2) is 4.79 Å². The molecule has 3 nitrogen and oxygen atoms in total. The smallest absolute Gasteiger partial charge is 0.345 e. The van der Waals surface area contributed by atoms with Crippen LogP contribution in [0.1, 0.15) is 21.5 Å². The van der Waals surface area contributed by atoms with Crippen molar-refractivity contribution in [1.82, 2.24) is 0 Å². The molecule has 1 aromatic heterocycles. The summed E-state index contributed by atoms with van der Waals surface area (Å²) in [4.78, 5) is 12.4. The van der Waals surface area contributed by atoms with Gasteiger partial charge in [0.25, 0.3) is 0 Å². The van der Waals surface area contributed by atoms with Crippen molar-refractivity contribution in [1.29, 1.82) is 0 Å². The predicted molar refractivity (Wildman–Crippen MR) is 70.4 cm³/mol. The Morgan fingerprint density at radius 3 is 2.65 bits per heavy atom. The predicted octanol–water partition coefficient (Wildman–Crippen LogP) is 3.75. The van der Waals surface area contributed by atoms with Gasteiger partial charge in [-0.3, -0.25) is 0 Å². The van der Waals surface area contributed by atoms with Gasteiger partial charge in [0.15, 0.2) is 0 Å². The first-order valence-electron chi connectivity index (χ1n) is 5.38. The third-order valence-corrected chi connectivity index (χ3v) is 3.66. The van der Waals surface area contributed by atoms with Gasteiger partial charge in [0.05, 0.1) is 5.69 Å². The second-order valence-corrected chi connectivity index (χ2v) is 4.73. The number of hydrogen-bond acceptors (Lipinski definition) is 3. The Balaban J connectivity index is 2.29. The Kier molecular flexibility index (Phi) is 3.44. The lowest BCUT2D eigenvalue weighted by Gasteiger charge is -2.05. The molecule has 4 heteroatoms. The summed E-state index contributed by atoms with van der Waals surface area (Å²) in [6.07, 6.45) is 0.827. The maximum absolute atomic E-state index is 10.9. The summed E-state index contributed by atoms with van der Waals surface area (Å²) in [6, 6.07) is 11.4. The third kappa shape index (κ3) is 2.65. The molecule has 2 rings (SSSR count). The number of aryl methyl sites for hydroxylation is 1. The molecule has 88 valence electrons. The summed E-state index contributed by atoms with van der Waals surface area (Å²) in [6.45, 7) is 2.02. The van der Waals surface area contributed by atoms with Crippen LogP contribution in [0.4, 0.5) is 11.4 Å². The van der Waals surface area contributed by atoms with Crippen LogP contribution in [-0.4, -0.2) is 11.1 Å². The van der Waals surface area contributed by atoms with Gasteiger partial charge in [-0.05, 0) is 24.6 Å². The molecule has 0 spiro atoms. The molecule has 17 heavy (non-hydrogen) atoms. The Labute approximate surface area is 104 Å². The average molecular weight is 247 g/mol. The standard InChI is InChI=1S/C13H13NO2S/c1-2-11-10(8-12(17-11)13(15)16)14-9-6-4-3-5-7-9/h3-8,14H,2H2,1H3,(H,15,16). The molecule has 0 atom stereocenters. The summed E-state index contributed by atoms with van der Waals surface area (Å²) in [5, 5.41) is 12.2. The van der Waals surface area contributed by atoms with Crippen LogP contribution in [0, 0.1) is 0 Å². The molecule has 0 aliphatic heterocycles. The zero-order valence-electron chi connectivity index (χ0n) is 9.43. The minimum Gasteiger partial charge on any atom is -0.477 e. The number of nitrogens with one attached hydrogen (secondary N) is 1. The maximum Gasteiger partial charge on any atom is 0.345 e. The van der Waals surface area contributed by atoms with Crippen LogP contribution >= 0.6 is 11.3 Å². The fourth-order valence-corrected chi connectivity index (χ4v) is 2.47. The molecular weight excluding hydrogens is 234 g/mol. The van der Waals surface area contributed by atoms with Gasteiger partial charge in [0.1, 0.15) is 4.88 Å². The fourth-order valence-electron chi connectivity index (χ4n) is 1.58. The maximum atomic E-state index is 10.9. The highest BCUT2D eigenvalue weighted by Crippen LogP contribution is 2.30. The molecule has 0 fully saturated rings. The number of rotatable bonds is 4. The number of carboxylic acid groups (broad SMARTS) is 1. The van der Waals surface area contributed by atoms with Crippen LogP contribution in [0.25, 0.3) is 0 Å². The summed E-state index contributed by atoms with van der Waals surface area (Å²) < 4.78 is 0. The van der Waals surface area contributed by atoms with E-state index in [2.05, 4.69) is 5.32 Å². The van der Waals surface area contributed by atoms with Crippen molar-refractivity contribution in [3.63, 3.8) is 0 Å². The van der Waals surface area contributed by atoms with Crippen LogP contribution in [0.3, 0.4) is 0 Å². The van der Waals surface area contributed by atoms with Gasteiger partial charge in [0, 0.05) is 10.6 Å². The molecule has 0 unspecified atom stereocenters. The average Bonchev–Trinajstić information content (AvgIpc) is 2.74. The van der Waals surface area contributed by atoms with Crippen LogP contribution in [0.2, 0.25) is 0 Å². The molecule has 0 amide bonds. The van der Waals surface area contributed by atoms with Crippen molar-refractivity contribution in [2.24, 2.45) is 0 Å². The van der Waals surface area contributed by atoms with Gasteiger partial charge in [-0.1, -0.05) is 25.1 Å². The number of aromatic carboxylic acids is 1. The normalized spacial score (nSPS) is 10.2. The van der Waals surface area contributed by atoms with Gasteiger partial charge < -0.3 is 10.4 Å². The molecule has 0 aliphatic rings. The van der Waals surface area contributed by atoms with E-state index in [1.165, 1.54) is 11.3 Å². The zero-order valence-corrected chi connectivity index (χ0v) is 10.3. The van der Waals surface area contributed by atoms with E-state index in [0.717, 1.165) is 22.7 Å². The minimum absolute atomic E-state index is 0.375. The number of hydrogen-bond donors (Lipinski definition) is 2. The zero-order chi connectivity index (χ0) is 12.3. The van der Waals surface area contributed by atoms with Crippen molar-refractivity contribution >= 4 is 28.7 Å². The number of carboxylic acids is 1. The largest absolute Gasteiger partial charge is 0.477 e. The lowest BCUT2D eigenvalue weighted by molar-refractivity contribution is 0.0702. The van der Waals surface area contributed by atoms with Crippen molar-refractivity contribution in [3.05, 3.63) is 46.2 Å². The molecule has 2 aromatic rings. The summed E-state index contributed by atoms with van der Waals surface area (Å²) in [5.74, 6) is -0.870. The number of anilines is 2. The molecular formula is C13H13NO2S. The van der Waals surface area contributed by atoms with Crippen molar-refractivity contribution in [2.75, 3.05) is 5.32 Å². The van der Waals surface area contributed by atoms with E-state index in [0.29, 0.717) is 4.88 Å². The number of thiophene rings is 1. The SMILES string of the molecule is CCc1sc(C(=O)O)cc1Nc1ccccc1. The highest BCUT2D eigenvalue weighted by Gasteiger charge is 2.12. The highest BCUT2D eigenvalue weighted by molar-refractivity contribution is 7.14. The molecule has 0 bridgehead atoms. The first-order valence-corrected chi connectivity index (χ1v) is 6.20. The van der Waals surface area contributed by atoms with Gasteiger partial charge in [-0.15, -0.1) is 11.3 Å². The Morgan fingerprint density at radius 1 is 1.35 bits per heavy atom. The molecule has 0 aliphatic carbocycles. The summed E-state index contributed by atoms with van der Waals surface area (Å²) in [5.41, 5.74) is 1.86. The summed E-state index contributed by atoms with van der Waals surface area (Å²) >= 11 is 1.32. The van der Waals surface area contributed by atoms with Crippen molar-refractivity contribution in [3.8, 4) is 0 Å². The van der Waals surface area contributed by atoms with Crippen LogP contribution < -0.4 is 5.32 Å². The van der Waals surface area contributed by atoms with Gasteiger partial charge in [-0.2, -0.15) is 0 Å². The van der Waals surface area contributed by atoms with E-state index in [-0.39, 0.29) is 0 Å². The quantitative estimate of drug-likeness (QED) is 0.865. The van der Waals surface area contributed by atoms with Crippen molar-refractivity contribution < 1.29 is 9.90 Å². The molecule has 2 N–H and O–H groups in total. The first-order chi connectivity index (χ1) is 8.20. The molecule has 1 aromatic carbocycles. The van der Waals surface area contributed by atoms with E-state index >= 15 is 0 Å². The number of carbonyl (C=O) groups is 1. The highest BCUT2D eigenvalue weighted by atomic mass is 32.1. The second-order valence-electron chi connectivity index (χ2n) is 3.60. The molecule has 0 saturated heterocycles. The van der Waals surface area contributed by atoms with Gasteiger partial charge >= 0.3 is 5.97 Å². The molecule has 1 heterocycles. The monoisotopic (exact) mass is 247 g/mol. The Morgan fingerprint density at radius 2 is 2.06 bits per heavy atom.